The Labute approximate surface area is 159 Å². The maximum absolute atomic E-state index is 13.1. The number of aryl methyl sites for hydroxylation is 1. The highest BCUT2D eigenvalue weighted by molar-refractivity contribution is 7.89. The molecule has 6 nitrogen and oxygen atoms in total. The van der Waals surface area contributed by atoms with Gasteiger partial charge in [0, 0.05) is 11.8 Å². The number of hydrogen-bond donors (Lipinski definition) is 1. The second-order valence-electron chi connectivity index (χ2n) is 5.32. The molecule has 0 bridgehead atoms. The van der Waals surface area contributed by atoms with Crippen LogP contribution in [0.2, 0.25) is 0 Å². The molecule has 0 saturated carbocycles. The van der Waals surface area contributed by atoms with Crippen molar-refractivity contribution < 1.29 is 22.0 Å². The van der Waals surface area contributed by atoms with E-state index in [4.69, 9.17) is 32.2 Å². The SMILES string of the molecule is CCCC(NS(=O)(=O)c1ccc(C)cc1)P(=O)(OCCCl)OCCCl. The van der Waals surface area contributed by atoms with Gasteiger partial charge in [-0.2, -0.15) is 4.72 Å². The van der Waals surface area contributed by atoms with Gasteiger partial charge in [-0.3, -0.25) is 4.57 Å². The minimum absolute atomic E-state index is 0.0202. The highest BCUT2D eigenvalue weighted by atomic mass is 35.5. The van der Waals surface area contributed by atoms with Crippen molar-refractivity contribution in [3.63, 3.8) is 0 Å². The molecule has 1 rings (SSSR count). The van der Waals surface area contributed by atoms with E-state index in [1.54, 1.807) is 12.1 Å². The van der Waals surface area contributed by atoms with Crippen LogP contribution in [-0.4, -0.2) is 39.2 Å². The van der Waals surface area contributed by atoms with Crippen LogP contribution >= 0.6 is 30.8 Å². The van der Waals surface area contributed by atoms with Crippen LogP contribution in [0.5, 0.6) is 0 Å². The van der Waals surface area contributed by atoms with Gasteiger partial charge in [-0.1, -0.05) is 31.0 Å². The maximum Gasteiger partial charge on any atom is 0.348 e. The normalized spacial score (nSPS) is 13.8. The molecule has 10 heteroatoms. The summed E-state index contributed by atoms with van der Waals surface area (Å²) in [6.45, 7) is 3.67. The zero-order valence-electron chi connectivity index (χ0n) is 14.3. The van der Waals surface area contributed by atoms with E-state index in [1.807, 2.05) is 13.8 Å². The van der Waals surface area contributed by atoms with E-state index in [9.17, 15) is 13.0 Å². The Kier molecular flexibility index (Phi) is 9.96. The molecule has 0 aromatic heterocycles. The van der Waals surface area contributed by atoms with E-state index in [-0.39, 0.29) is 36.3 Å². The van der Waals surface area contributed by atoms with Gasteiger partial charge in [0.1, 0.15) is 5.78 Å². The summed E-state index contributed by atoms with van der Waals surface area (Å²) in [5.41, 5.74) is 0.936. The minimum atomic E-state index is -3.88. The van der Waals surface area contributed by atoms with E-state index >= 15 is 0 Å². The van der Waals surface area contributed by atoms with Gasteiger partial charge < -0.3 is 9.05 Å². The average molecular weight is 432 g/mol. The zero-order chi connectivity index (χ0) is 18.9. The Morgan fingerprint density at radius 1 is 1.12 bits per heavy atom. The van der Waals surface area contributed by atoms with Gasteiger partial charge in [0.15, 0.2) is 0 Å². The van der Waals surface area contributed by atoms with Gasteiger partial charge >= 0.3 is 7.60 Å². The zero-order valence-corrected chi connectivity index (χ0v) is 17.5. The summed E-state index contributed by atoms with van der Waals surface area (Å²) in [5.74, 6) is -0.800. The predicted molar refractivity (Wildman–Crippen MR) is 101 cm³/mol. The fourth-order valence-corrected chi connectivity index (χ4v) is 6.17. The molecule has 25 heavy (non-hydrogen) atoms. The Morgan fingerprint density at radius 3 is 2.08 bits per heavy atom. The van der Waals surface area contributed by atoms with Gasteiger partial charge in [0.05, 0.1) is 18.1 Å². The highest BCUT2D eigenvalue weighted by Crippen LogP contribution is 2.53. The van der Waals surface area contributed by atoms with Gasteiger partial charge in [0.2, 0.25) is 10.0 Å². The highest BCUT2D eigenvalue weighted by Gasteiger charge is 2.38. The van der Waals surface area contributed by atoms with Crippen LogP contribution in [0.15, 0.2) is 29.2 Å². The van der Waals surface area contributed by atoms with Gasteiger partial charge in [-0.15, -0.1) is 23.2 Å². The van der Waals surface area contributed by atoms with E-state index in [1.165, 1.54) is 12.1 Å². The summed E-state index contributed by atoms with van der Waals surface area (Å²) in [6, 6.07) is 6.36. The third-order valence-electron chi connectivity index (χ3n) is 3.26. The molecule has 0 aliphatic heterocycles. The Bertz CT molecular complexity index is 657. The number of alkyl halides is 2. The van der Waals surface area contributed by atoms with E-state index in [0.717, 1.165) is 5.56 Å². The van der Waals surface area contributed by atoms with Crippen LogP contribution in [0, 0.1) is 6.92 Å². The lowest BCUT2D eigenvalue weighted by Crippen LogP contribution is -2.36. The van der Waals surface area contributed by atoms with E-state index in [0.29, 0.717) is 6.42 Å². The molecule has 0 spiro atoms. The molecular weight excluding hydrogens is 408 g/mol. The number of rotatable bonds is 12. The first-order chi connectivity index (χ1) is 11.8. The largest absolute Gasteiger partial charge is 0.348 e. The quantitative estimate of drug-likeness (QED) is 0.397. The van der Waals surface area contributed by atoms with E-state index in [2.05, 4.69) is 4.72 Å². The second kappa shape index (κ2) is 10.9. The molecule has 1 atom stereocenters. The van der Waals surface area contributed by atoms with Crippen molar-refractivity contribution in [3.05, 3.63) is 29.8 Å². The molecule has 0 fully saturated rings. The number of benzene rings is 1. The van der Waals surface area contributed by atoms with E-state index < -0.39 is 23.4 Å². The van der Waals surface area contributed by atoms with Crippen LogP contribution in [0.1, 0.15) is 25.3 Å². The van der Waals surface area contributed by atoms with Crippen molar-refractivity contribution in [1.82, 2.24) is 4.72 Å². The van der Waals surface area contributed by atoms with Crippen LogP contribution < -0.4 is 4.72 Å². The molecule has 1 unspecified atom stereocenters. The summed E-state index contributed by atoms with van der Waals surface area (Å²) < 4.78 is 51.4. The second-order valence-corrected chi connectivity index (χ2v) is 10.0. The minimum Gasteiger partial charge on any atom is -0.306 e. The molecule has 0 aliphatic rings. The van der Waals surface area contributed by atoms with Crippen molar-refractivity contribution in [2.45, 2.75) is 37.4 Å². The summed E-state index contributed by atoms with van der Waals surface area (Å²) in [5, 5.41) is 0. The molecule has 1 N–H and O–H groups in total. The molecular formula is C15H24Cl2NO5PS. The van der Waals surface area contributed by atoms with Crippen molar-refractivity contribution in [2.75, 3.05) is 25.0 Å². The molecule has 0 aliphatic carbocycles. The lowest BCUT2D eigenvalue weighted by Gasteiger charge is -2.27. The Balaban J connectivity index is 3.09. The molecule has 144 valence electrons. The number of sulfonamides is 1. The van der Waals surface area contributed by atoms with Gasteiger partial charge in [0.25, 0.3) is 0 Å². The molecule has 1 aromatic carbocycles. The smallest absolute Gasteiger partial charge is 0.306 e. The lowest BCUT2D eigenvalue weighted by molar-refractivity contribution is 0.210. The Morgan fingerprint density at radius 2 is 1.64 bits per heavy atom. The van der Waals surface area contributed by atoms with Gasteiger partial charge in [-0.05, 0) is 25.5 Å². The third kappa shape index (κ3) is 7.18. The molecule has 1 aromatic rings. The first kappa shape index (κ1) is 22.9. The summed E-state index contributed by atoms with van der Waals surface area (Å²) >= 11 is 11.2. The topological polar surface area (TPSA) is 81.7 Å². The lowest BCUT2D eigenvalue weighted by atomic mass is 10.2. The monoisotopic (exact) mass is 431 g/mol. The van der Waals surface area contributed by atoms with Crippen molar-refractivity contribution in [1.29, 1.82) is 0 Å². The fourth-order valence-electron chi connectivity index (χ4n) is 2.06. The van der Waals surface area contributed by atoms with Crippen LogP contribution in [0.25, 0.3) is 0 Å². The average Bonchev–Trinajstić information content (AvgIpc) is 2.58. The number of halogens is 2. The van der Waals surface area contributed by atoms with Crippen molar-refractivity contribution in [2.24, 2.45) is 0 Å². The Hall–Kier alpha value is -0.140. The molecule has 0 radical (unpaired) electrons. The molecule has 0 amide bonds. The van der Waals surface area contributed by atoms with Crippen LogP contribution in [-0.2, 0) is 23.6 Å². The summed E-state index contributed by atoms with van der Waals surface area (Å²) in [6.07, 6.45) is 0.868. The number of hydrogen-bond acceptors (Lipinski definition) is 5. The predicted octanol–water partition coefficient (Wildman–Crippen LogP) is 4.10. The first-order valence-corrected chi connectivity index (χ1v) is 12.0. The molecule has 0 saturated heterocycles. The molecule has 0 heterocycles. The van der Waals surface area contributed by atoms with Crippen molar-refractivity contribution in [3.8, 4) is 0 Å². The fraction of sp³-hybridized carbons (Fsp3) is 0.600. The maximum atomic E-state index is 13.1. The van der Waals surface area contributed by atoms with Crippen LogP contribution in [0.4, 0.5) is 0 Å². The van der Waals surface area contributed by atoms with Gasteiger partial charge in [-0.25, -0.2) is 8.42 Å². The van der Waals surface area contributed by atoms with Crippen molar-refractivity contribution >= 4 is 40.8 Å². The summed E-state index contributed by atoms with van der Waals surface area (Å²) in [7, 11) is -7.64. The summed E-state index contributed by atoms with van der Waals surface area (Å²) in [4.78, 5) is 0.0837. The third-order valence-corrected chi connectivity index (χ3v) is 7.47. The van der Waals surface area contributed by atoms with Crippen LogP contribution in [0.3, 0.4) is 0 Å². The standard InChI is InChI=1S/C15H24Cl2NO5PS/c1-3-4-15(24(19,22-11-9-16)23-12-10-17)18-25(20,21)14-7-5-13(2)6-8-14/h5-8,15,18H,3-4,9-12H2,1-2H3. The number of nitrogens with one attached hydrogen (secondary N) is 1. The first-order valence-electron chi connectivity index (χ1n) is 7.88.